The number of hydrogen-bond donors (Lipinski definition) is 0. The number of hydrogen-bond acceptors (Lipinski definition) is 4. The third kappa shape index (κ3) is 3.08. The van der Waals surface area contributed by atoms with Crippen LogP contribution in [0.15, 0.2) is 53.4 Å². The van der Waals surface area contributed by atoms with Gasteiger partial charge in [-0.2, -0.15) is 0 Å². The van der Waals surface area contributed by atoms with E-state index < -0.39 is 16.0 Å². The zero-order valence-corrected chi connectivity index (χ0v) is 13.6. The van der Waals surface area contributed by atoms with Gasteiger partial charge in [0.1, 0.15) is 4.90 Å². The maximum atomic E-state index is 12.7. The first kappa shape index (κ1) is 16.3. The summed E-state index contributed by atoms with van der Waals surface area (Å²) in [6.07, 6.45) is 0. The molecule has 22 heavy (non-hydrogen) atoms. The van der Waals surface area contributed by atoms with Gasteiger partial charge in [-0.25, -0.2) is 13.2 Å². The average Bonchev–Trinajstić information content (AvgIpc) is 2.54. The van der Waals surface area contributed by atoms with Gasteiger partial charge in [0.25, 0.3) is 10.0 Å². The molecule has 2 aromatic carbocycles. The van der Waals surface area contributed by atoms with E-state index >= 15 is 0 Å². The number of esters is 1. The minimum absolute atomic E-state index is 0.0374. The van der Waals surface area contributed by atoms with E-state index in [0.717, 1.165) is 4.31 Å². The molecule has 0 aliphatic rings. The SMILES string of the molecule is COC(=O)c1ccc(Cl)c(S(=O)(=O)N(C)c2ccccc2)c1. The van der Waals surface area contributed by atoms with E-state index in [1.807, 2.05) is 0 Å². The van der Waals surface area contributed by atoms with Crippen LogP contribution in [0.2, 0.25) is 5.02 Å². The van der Waals surface area contributed by atoms with Gasteiger partial charge in [0.05, 0.1) is 23.4 Å². The molecule has 0 aliphatic heterocycles. The van der Waals surface area contributed by atoms with Gasteiger partial charge in [0, 0.05) is 7.05 Å². The molecule has 0 saturated carbocycles. The molecule has 0 aromatic heterocycles. The predicted molar refractivity (Wildman–Crippen MR) is 84.8 cm³/mol. The summed E-state index contributed by atoms with van der Waals surface area (Å²) in [4.78, 5) is 11.4. The highest BCUT2D eigenvalue weighted by molar-refractivity contribution is 7.93. The molecule has 0 fully saturated rings. The van der Waals surface area contributed by atoms with Crippen molar-refractivity contribution >= 4 is 33.3 Å². The topological polar surface area (TPSA) is 63.7 Å². The summed E-state index contributed by atoms with van der Waals surface area (Å²) >= 11 is 6.00. The highest BCUT2D eigenvalue weighted by Crippen LogP contribution is 2.28. The summed E-state index contributed by atoms with van der Waals surface area (Å²) in [7, 11) is -1.25. The second kappa shape index (κ2) is 6.37. The van der Waals surface area contributed by atoms with Gasteiger partial charge >= 0.3 is 5.97 Å². The van der Waals surface area contributed by atoms with E-state index in [1.165, 1.54) is 32.4 Å². The fourth-order valence-electron chi connectivity index (χ4n) is 1.87. The molecule has 0 unspecified atom stereocenters. The van der Waals surface area contributed by atoms with E-state index in [0.29, 0.717) is 5.69 Å². The van der Waals surface area contributed by atoms with Crippen molar-refractivity contribution < 1.29 is 17.9 Å². The van der Waals surface area contributed by atoms with Gasteiger partial charge in [0.15, 0.2) is 0 Å². The molecule has 0 aliphatic carbocycles. The second-order valence-electron chi connectivity index (χ2n) is 4.44. The molecule has 0 N–H and O–H groups in total. The van der Waals surface area contributed by atoms with E-state index in [1.54, 1.807) is 30.3 Å². The number of carbonyl (C=O) groups excluding carboxylic acids is 1. The number of halogens is 1. The zero-order valence-electron chi connectivity index (χ0n) is 12.0. The molecule has 116 valence electrons. The summed E-state index contributed by atoms with van der Waals surface area (Å²) in [5.74, 6) is -0.629. The Morgan fingerprint density at radius 2 is 1.77 bits per heavy atom. The lowest BCUT2D eigenvalue weighted by atomic mass is 10.2. The van der Waals surface area contributed by atoms with Crippen LogP contribution in [0.3, 0.4) is 0 Å². The lowest BCUT2D eigenvalue weighted by Gasteiger charge is -2.20. The van der Waals surface area contributed by atoms with Gasteiger partial charge in [-0.15, -0.1) is 0 Å². The van der Waals surface area contributed by atoms with Crippen LogP contribution in [0.5, 0.6) is 0 Å². The number of anilines is 1. The largest absolute Gasteiger partial charge is 0.465 e. The van der Waals surface area contributed by atoms with Crippen molar-refractivity contribution in [2.24, 2.45) is 0 Å². The number of rotatable bonds is 4. The fourth-order valence-corrected chi connectivity index (χ4v) is 3.56. The fraction of sp³-hybridized carbons (Fsp3) is 0.133. The molecule has 5 nitrogen and oxygen atoms in total. The Labute approximate surface area is 134 Å². The second-order valence-corrected chi connectivity index (χ2v) is 6.79. The van der Waals surface area contributed by atoms with Crippen LogP contribution in [0.25, 0.3) is 0 Å². The molecule has 0 spiro atoms. The molecule has 0 saturated heterocycles. The van der Waals surface area contributed by atoms with Gasteiger partial charge in [-0.3, -0.25) is 4.31 Å². The van der Waals surface area contributed by atoms with Gasteiger partial charge in [-0.1, -0.05) is 29.8 Å². The minimum atomic E-state index is -3.89. The Bertz CT molecular complexity index is 790. The molecular formula is C15H14ClNO4S. The van der Waals surface area contributed by atoms with Crippen LogP contribution in [-0.4, -0.2) is 28.5 Å². The van der Waals surface area contributed by atoms with Crippen molar-refractivity contribution in [1.82, 2.24) is 0 Å². The molecule has 0 amide bonds. The molecule has 0 atom stereocenters. The van der Waals surface area contributed by atoms with Crippen LogP contribution in [0.1, 0.15) is 10.4 Å². The summed E-state index contributed by atoms with van der Waals surface area (Å²) < 4.78 is 31.1. The van der Waals surface area contributed by atoms with E-state index in [2.05, 4.69) is 4.74 Å². The minimum Gasteiger partial charge on any atom is -0.465 e. The van der Waals surface area contributed by atoms with Crippen LogP contribution in [0.4, 0.5) is 5.69 Å². The number of methoxy groups -OCH3 is 1. The molecule has 2 aromatic rings. The van der Waals surface area contributed by atoms with Crippen LogP contribution in [-0.2, 0) is 14.8 Å². The van der Waals surface area contributed by atoms with Crippen molar-refractivity contribution in [3.63, 3.8) is 0 Å². The lowest BCUT2D eigenvalue weighted by molar-refractivity contribution is 0.0600. The number of carbonyl (C=O) groups is 1. The molecule has 0 radical (unpaired) electrons. The summed E-state index contributed by atoms with van der Waals surface area (Å²) in [5.41, 5.74) is 0.606. The standard InChI is InChI=1S/C15H14ClNO4S/c1-17(12-6-4-3-5-7-12)22(19,20)14-10-11(15(18)21-2)8-9-13(14)16/h3-10H,1-2H3. The number of benzene rings is 2. The van der Waals surface area contributed by atoms with Crippen molar-refractivity contribution in [2.45, 2.75) is 4.90 Å². The summed E-state index contributed by atoms with van der Waals surface area (Å²) in [6, 6.07) is 12.6. The smallest absolute Gasteiger partial charge is 0.337 e. The maximum Gasteiger partial charge on any atom is 0.337 e. The Balaban J connectivity index is 2.52. The summed E-state index contributed by atoms with van der Waals surface area (Å²) in [5, 5.41) is 0.0374. The van der Waals surface area contributed by atoms with Gasteiger partial charge in [-0.05, 0) is 30.3 Å². The number of ether oxygens (including phenoxy) is 1. The molecule has 0 bridgehead atoms. The Kier molecular flexibility index (Phi) is 4.73. The van der Waals surface area contributed by atoms with Crippen LogP contribution < -0.4 is 4.31 Å². The Hall–Kier alpha value is -2.05. The van der Waals surface area contributed by atoms with E-state index in [9.17, 15) is 13.2 Å². The first-order valence-electron chi connectivity index (χ1n) is 6.30. The zero-order chi connectivity index (χ0) is 16.3. The van der Waals surface area contributed by atoms with E-state index in [-0.39, 0.29) is 15.5 Å². The monoisotopic (exact) mass is 339 g/mol. The highest BCUT2D eigenvalue weighted by Gasteiger charge is 2.25. The van der Waals surface area contributed by atoms with Crippen molar-refractivity contribution in [2.75, 3.05) is 18.5 Å². The molecular weight excluding hydrogens is 326 g/mol. The molecule has 0 heterocycles. The highest BCUT2D eigenvalue weighted by atomic mass is 35.5. The van der Waals surface area contributed by atoms with Crippen molar-refractivity contribution in [1.29, 1.82) is 0 Å². The van der Waals surface area contributed by atoms with E-state index in [4.69, 9.17) is 11.6 Å². The Morgan fingerprint density at radius 1 is 1.14 bits per heavy atom. The third-order valence-corrected chi connectivity index (χ3v) is 5.38. The molecule has 7 heteroatoms. The summed E-state index contributed by atoms with van der Waals surface area (Å²) in [6.45, 7) is 0. The third-order valence-electron chi connectivity index (χ3n) is 3.11. The lowest BCUT2D eigenvalue weighted by Crippen LogP contribution is -2.27. The van der Waals surface area contributed by atoms with Crippen molar-refractivity contribution in [3.8, 4) is 0 Å². The van der Waals surface area contributed by atoms with Gasteiger partial charge in [0.2, 0.25) is 0 Å². The first-order chi connectivity index (χ1) is 10.4. The van der Waals surface area contributed by atoms with Crippen LogP contribution in [0, 0.1) is 0 Å². The number of nitrogens with zero attached hydrogens (tertiary/aromatic N) is 1. The number of sulfonamides is 1. The predicted octanol–water partition coefficient (Wildman–Crippen LogP) is 2.95. The molecule has 2 rings (SSSR count). The number of para-hydroxylation sites is 1. The quantitative estimate of drug-likeness (QED) is 0.803. The Morgan fingerprint density at radius 3 is 2.36 bits per heavy atom. The van der Waals surface area contributed by atoms with Crippen molar-refractivity contribution in [3.05, 3.63) is 59.1 Å². The normalized spacial score (nSPS) is 11.0. The first-order valence-corrected chi connectivity index (χ1v) is 8.11. The van der Waals surface area contributed by atoms with Gasteiger partial charge < -0.3 is 4.74 Å². The van der Waals surface area contributed by atoms with Crippen LogP contribution >= 0.6 is 11.6 Å². The maximum absolute atomic E-state index is 12.7. The average molecular weight is 340 g/mol.